The van der Waals surface area contributed by atoms with Crippen LogP contribution in [0.5, 0.6) is 0 Å². The first-order valence-corrected chi connectivity index (χ1v) is 4.61. The van der Waals surface area contributed by atoms with E-state index in [0.29, 0.717) is 0 Å². The predicted octanol–water partition coefficient (Wildman–Crippen LogP) is 4.13. The highest BCUT2D eigenvalue weighted by Gasteiger charge is 2.27. The molecule has 0 aliphatic rings. The highest BCUT2D eigenvalue weighted by molar-refractivity contribution is 5.22. The Morgan fingerprint density at radius 2 is 1.47 bits per heavy atom. The molecule has 0 heterocycles. The van der Waals surface area contributed by atoms with Crippen molar-refractivity contribution in [1.82, 2.24) is 0 Å². The van der Waals surface area contributed by atoms with Crippen molar-refractivity contribution in [2.45, 2.75) is 25.4 Å². The Morgan fingerprint density at radius 1 is 0.882 bits per heavy atom. The normalized spacial score (nSPS) is 11.9. The Kier molecular flexibility index (Phi) is 4.00. The Labute approximate surface area is 92.0 Å². The molecular weight excluding hydrogens is 253 g/mol. The summed E-state index contributed by atoms with van der Waals surface area (Å²) in [4.78, 5) is 0. The molecule has 0 saturated heterocycles. The predicted molar refractivity (Wildman–Crippen MR) is 45.3 cm³/mol. The van der Waals surface area contributed by atoms with Gasteiger partial charge in [-0.3, -0.25) is 0 Å². The van der Waals surface area contributed by atoms with Gasteiger partial charge in [0.25, 0.3) is 0 Å². The topological polar surface area (TPSA) is 0 Å². The average Bonchev–Trinajstić information content (AvgIpc) is 2.18. The summed E-state index contributed by atoms with van der Waals surface area (Å²) in [5.41, 5.74) is -0.867. The highest BCUT2D eigenvalue weighted by Crippen LogP contribution is 2.25. The molecule has 0 nitrogen and oxygen atoms in total. The summed E-state index contributed by atoms with van der Waals surface area (Å²) in [7, 11) is 0. The van der Waals surface area contributed by atoms with Crippen molar-refractivity contribution in [3.63, 3.8) is 0 Å². The summed E-state index contributed by atoms with van der Waals surface area (Å²) in [5, 5.41) is 0. The summed E-state index contributed by atoms with van der Waals surface area (Å²) in [5.74, 6) is -6.75. The standard InChI is InChI=1S/C10H7F7/c11-6-4-7(12)9(14)8(13)5(6)2-1-3-10(15,16)17/h4H,1-3H2. The van der Waals surface area contributed by atoms with Gasteiger partial charge in [0.1, 0.15) is 5.82 Å². The zero-order chi connectivity index (χ0) is 13.2. The molecule has 0 bridgehead atoms. The number of rotatable bonds is 3. The van der Waals surface area contributed by atoms with Gasteiger partial charge in [-0.1, -0.05) is 0 Å². The molecule has 0 saturated carbocycles. The maximum atomic E-state index is 13.0. The second-order valence-electron chi connectivity index (χ2n) is 3.42. The third kappa shape index (κ3) is 3.61. The SMILES string of the molecule is Fc1cc(F)c(CCCC(F)(F)F)c(F)c1F. The minimum Gasteiger partial charge on any atom is -0.206 e. The largest absolute Gasteiger partial charge is 0.389 e. The van der Waals surface area contributed by atoms with Crippen molar-refractivity contribution in [3.8, 4) is 0 Å². The van der Waals surface area contributed by atoms with Crippen LogP contribution < -0.4 is 0 Å². The molecule has 0 aliphatic carbocycles. The monoisotopic (exact) mass is 260 g/mol. The molecule has 0 unspecified atom stereocenters. The zero-order valence-corrected chi connectivity index (χ0v) is 8.34. The van der Waals surface area contributed by atoms with Crippen LogP contribution in [0.4, 0.5) is 30.7 Å². The van der Waals surface area contributed by atoms with Crippen LogP contribution in [0, 0.1) is 23.3 Å². The van der Waals surface area contributed by atoms with Crippen molar-refractivity contribution >= 4 is 0 Å². The Bertz CT molecular complexity index is 408. The van der Waals surface area contributed by atoms with Gasteiger partial charge >= 0.3 is 6.18 Å². The van der Waals surface area contributed by atoms with Crippen LogP contribution in [0.1, 0.15) is 18.4 Å². The van der Waals surface area contributed by atoms with Crippen molar-refractivity contribution < 1.29 is 30.7 Å². The molecule has 0 aliphatic heterocycles. The summed E-state index contributed by atoms with van der Waals surface area (Å²) < 4.78 is 86.5. The van der Waals surface area contributed by atoms with Crippen LogP contribution in [0.15, 0.2) is 6.07 Å². The Morgan fingerprint density at radius 3 is 2.00 bits per heavy atom. The fourth-order valence-corrected chi connectivity index (χ4v) is 1.30. The van der Waals surface area contributed by atoms with E-state index < -0.39 is 54.3 Å². The van der Waals surface area contributed by atoms with Crippen LogP contribution in [0.2, 0.25) is 0 Å². The van der Waals surface area contributed by atoms with Crippen molar-refractivity contribution in [2.24, 2.45) is 0 Å². The zero-order valence-electron chi connectivity index (χ0n) is 8.34. The third-order valence-corrected chi connectivity index (χ3v) is 2.10. The van der Waals surface area contributed by atoms with Crippen molar-refractivity contribution in [1.29, 1.82) is 0 Å². The highest BCUT2D eigenvalue weighted by atomic mass is 19.4. The van der Waals surface area contributed by atoms with E-state index >= 15 is 0 Å². The van der Waals surface area contributed by atoms with Crippen LogP contribution in [0.25, 0.3) is 0 Å². The van der Waals surface area contributed by atoms with Gasteiger partial charge in [0.15, 0.2) is 17.5 Å². The molecule has 0 fully saturated rings. The van der Waals surface area contributed by atoms with Gasteiger partial charge in [-0.2, -0.15) is 13.2 Å². The first kappa shape index (κ1) is 13.8. The minimum absolute atomic E-state index is 0.112. The maximum absolute atomic E-state index is 13.0. The van der Waals surface area contributed by atoms with E-state index in [1.165, 1.54) is 0 Å². The van der Waals surface area contributed by atoms with Crippen molar-refractivity contribution in [3.05, 3.63) is 34.9 Å². The molecule has 7 heteroatoms. The average molecular weight is 260 g/mol. The first-order valence-electron chi connectivity index (χ1n) is 4.61. The lowest BCUT2D eigenvalue weighted by Crippen LogP contribution is -2.09. The number of hydrogen-bond donors (Lipinski definition) is 0. The molecular formula is C10H7F7. The smallest absolute Gasteiger partial charge is 0.206 e. The molecule has 0 radical (unpaired) electrons. The summed E-state index contributed by atoms with van der Waals surface area (Å²) in [6, 6.07) is 0.112. The maximum Gasteiger partial charge on any atom is 0.389 e. The van der Waals surface area contributed by atoms with Crippen molar-refractivity contribution in [2.75, 3.05) is 0 Å². The first-order chi connectivity index (χ1) is 7.72. The van der Waals surface area contributed by atoms with Gasteiger partial charge in [-0.25, -0.2) is 17.6 Å². The van der Waals surface area contributed by atoms with E-state index in [-0.39, 0.29) is 6.07 Å². The number of alkyl halides is 3. The summed E-state index contributed by atoms with van der Waals surface area (Å²) in [6.07, 6.45) is -6.94. The van der Waals surface area contributed by atoms with Crippen LogP contribution in [-0.2, 0) is 6.42 Å². The molecule has 0 atom stereocenters. The lowest BCUT2D eigenvalue weighted by Gasteiger charge is -2.08. The van der Waals surface area contributed by atoms with E-state index in [2.05, 4.69) is 0 Å². The fraction of sp³-hybridized carbons (Fsp3) is 0.400. The number of halogens is 7. The van der Waals surface area contributed by atoms with Crippen LogP contribution in [0.3, 0.4) is 0 Å². The molecule has 96 valence electrons. The van der Waals surface area contributed by atoms with Crippen LogP contribution in [-0.4, -0.2) is 6.18 Å². The van der Waals surface area contributed by atoms with Gasteiger partial charge in [-0.05, 0) is 12.8 Å². The molecule has 0 N–H and O–H groups in total. The second-order valence-corrected chi connectivity index (χ2v) is 3.42. The van der Waals surface area contributed by atoms with Gasteiger partial charge in [-0.15, -0.1) is 0 Å². The molecule has 1 aromatic rings. The quantitative estimate of drug-likeness (QED) is 0.435. The molecule has 0 spiro atoms. The molecule has 1 aromatic carbocycles. The molecule has 0 aromatic heterocycles. The Hall–Kier alpha value is -1.27. The second kappa shape index (κ2) is 4.93. The fourth-order valence-electron chi connectivity index (χ4n) is 1.30. The Balaban J connectivity index is 2.82. The molecule has 1 rings (SSSR count). The van der Waals surface area contributed by atoms with E-state index in [4.69, 9.17) is 0 Å². The summed E-state index contributed by atoms with van der Waals surface area (Å²) >= 11 is 0. The van der Waals surface area contributed by atoms with Gasteiger partial charge in [0, 0.05) is 18.1 Å². The minimum atomic E-state index is -4.45. The van der Waals surface area contributed by atoms with Gasteiger partial charge < -0.3 is 0 Å². The lowest BCUT2D eigenvalue weighted by atomic mass is 10.1. The van der Waals surface area contributed by atoms with Crippen LogP contribution >= 0.6 is 0 Å². The number of hydrogen-bond acceptors (Lipinski definition) is 0. The lowest BCUT2D eigenvalue weighted by molar-refractivity contribution is -0.135. The van der Waals surface area contributed by atoms with Gasteiger partial charge in [0.05, 0.1) is 0 Å². The summed E-state index contributed by atoms with van der Waals surface area (Å²) in [6.45, 7) is 0. The van der Waals surface area contributed by atoms with E-state index in [1.807, 2.05) is 0 Å². The third-order valence-electron chi connectivity index (χ3n) is 2.10. The van der Waals surface area contributed by atoms with E-state index in [0.717, 1.165) is 0 Å². The molecule has 17 heavy (non-hydrogen) atoms. The van der Waals surface area contributed by atoms with Gasteiger partial charge in [0.2, 0.25) is 0 Å². The molecule has 0 amide bonds. The number of benzene rings is 1. The van der Waals surface area contributed by atoms with E-state index in [9.17, 15) is 30.7 Å². The van der Waals surface area contributed by atoms with E-state index in [1.54, 1.807) is 0 Å².